The van der Waals surface area contributed by atoms with Crippen LogP contribution in [0.4, 0.5) is 0 Å². The zero-order valence-corrected chi connectivity index (χ0v) is 20.5. The first kappa shape index (κ1) is 24.8. The summed E-state index contributed by atoms with van der Waals surface area (Å²) in [6, 6.07) is 0.646. The van der Waals surface area contributed by atoms with E-state index < -0.39 is 0 Å². The normalized spacial score (nSPS) is 22.7. The number of halogens is 1. The Bertz CT molecular complexity index is 694. The van der Waals surface area contributed by atoms with Gasteiger partial charge in [0.25, 0.3) is 0 Å². The molecule has 170 valence electrons. The maximum Gasteiger partial charge on any atom is 0.248 e. The highest BCUT2D eigenvalue weighted by molar-refractivity contribution is 14.0. The minimum Gasteiger partial charge on any atom is -0.371 e. The molecule has 1 aromatic heterocycles. The van der Waals surface area contributed by atoms with E-state index in [0.717, 1.165) is 45.1 Å². The van der Waals surface area contributed by atoms with Crippen LogP contribution in [0.5, 0.6) is 0 Å². The van der Waals surface area contributed by atoms with Crippen molar-refractivity contribution in [1.29, 1.82) is 0 Å². The SMILES string of the molecule is CCNC(=NCc1nc(C(C)OCC)no1)NC1CCCC(C(=O)NC2CC2)C1.I. The lowest BCUT2D eigenvalue weighted by Crippen LogP contribution is -2.47. The first-order chi connectivity index (χ1) is 14.1. The minimum atomic E-state index is -0.200. The average molecular weight is 534 g/mol. The molecule has 3 unspecified atom stereocenters. The molecule has 2 saturated carbocycles. The van der Waals surface area contributed by atoms with Gasteiger partial charge in [-0.25, -0.2) is 4.99 Å². The lowest BCUT2D eigenvalue weighted by molar-refractivity contribution is -0.126. The third-order valence-electron chi connectivity index (χ3n) is 5.29. The van der Waals surface area contributed by atoms with Crippen molar-refractivity contribution >= 4 is 35.8 Å². The van der Waals surface area contributed by atoms with Crippen LogP contribution < -0.4 is 16.0 Å². The smallest absolute Gasteiger partial charge is 0.248 e. The number of carbonyl (C=O) groups excluding carboxylic acids is 1. The van der Waals surface area contributed by atoms with Gasteiger partial charge in [0.2, 0.25) is 11.8 Å². The number of ether oxygens (including phenoxy) is 1. The molecule has 9 nitrogen and oxygen atoms in total. The number of amides is 1. The molecule has 3 atom stereocenters. The summed E-state index contributed by atoms with van der Waals surface area (Å²) in [5, 5.41) is 13.8. The molecule has 0 aliphatic heterocycles. The van der Waals surface area contributed by atoms with Crippen LogP contribution >= 0.6 is 24.0 Å². The van der Waals surface area contributed by atoms with Gasteiger partial charge < -0.3 is 25.2 Å². The van der Waals surface area contributed by atoms with Crippen molar-refractivity contribution in [2.45, 2.75) is 84.0 Å². The molecule has 3 rings (SSSR count). The van der Waals surface area contributed by atoms with Crippen molar-refractivity contribution in [3.05, 3.63) is 11.7 Å². The maximum atomic E-state index is 12.4. The van der Waals surface area contributed by atoms with Crippen molar-refractivity contribution in [3.8, 4) is 0 Å². The summed E-state index contributed by atoms with van der Waals surface area (Å²) in [6.45, 7) is 7.49. The second kappa shape index (κ2) is 12.4. The lowest BCUT2D eigenvalue weighted by Gasteiger charge is -2.30. The minimum absolute atomic E-state index is 0. The zero-order chi connectivity index (χ0) is 20.6. The van der Waals surface area contributed by atoms with E-state index in [9.17, 15) is 4.79 Å². The number of hydrogen-bond donors (Lipinski definition) is 3. The Morgan fingerprint density at radius 1 is 1.23 bits per heavy atom. The predicted octanol–water partition coefficient (Wildman–Crippen LogP) is 2.68. The summed E-state index contributed by atoms with van der Waals surface area (Å²) >= 11 is 0. The summed E-state index contributed by atoms with van der Waals surface area (Å²) in [5.41, 5.74) is 0. The third-order valence-corrected chi connectivity index (χ3v) is 5.29. The molecule has 10 heteroatoms. The van der Waals surface area contributed by atoms with Crippen LogP contribution in [0, 0.1) is 5.92 Å². The van der Waals surface area contributed by atoms with E-state index in [1.165, 1.54) is 0 Å². The van der Waals surface area contributed by atoms with Crippen LogP contribution in [0.25, 0.3) is 0 Å². The van der Waals surface area contributed by atoms with Gasteiger partial charge in [0.15, 0.2) is 11.8 Å². The number of rotatable bonds is 9. The highest BCUT2D eigenvalue weighted by Crippen LogP contribution is 2.26. The van der Waals surface area contributed by atoms with Crippen molar-refractivity contribution in [2.75, 3.05) is 13.2 Å². The Morgan fingerprint density at radius 3 is 2.73 bits per heavy atom. The van der Waals surface area contributed by atoms with Gasteiger partial charge in [-0.3, -0.25) is 4.79 Å². The Morgan fingerprint density at radius 2 is 2.03 bits per heavy atom. The summed E-state index contributed by atoms with van der Waals surface area (Å²) in [7, 11) is 0. The molecule has 1 heterocycles. The van der Waals surface area contributed by atoms with Gasteiger partial charge in [-0.15, -0.1) is 24.0 Å². The molecule has 1 aromatic rings. The van der Waals surface area contributed by atoms with E-state index in [1.807, 2.05) is 20.8 Å². The first-order valence-corrected chi connectivity index (χ1v) is 10.9. The Kier molecular flexibility index (Phi) is 10.3. The van der Waals surface area contributed by atoms with Crippen LogP contribution in [-0.2, 0) is 16.1 Å². The van der Waals surface area contributed by atoms with Gasteiger partial charge in [0.05, 0.1) is 0 Å². The molecule has 0 saturated heterocycles. The number of aliphatic imine (C=N–C) groups is 1. The summed E-state index contributed by atoms with van der Waals surface area (Å²) in [4.78, 5) is 21.3. The van der Waals surface area contributed by atoms with Gasteiger partial charge in [0.1, 0.15) is 12.6 Å². The van der Waals surface area contributed by atoms with Gasteiger partial charge in [-0.2, -0.15) is 4.98 Å². The fraction of sp³-hybridized carbons (Fsp3) is 0.800. The van der Waals surface area contributed by atoms with E-state index >= 15 is 0 Å². The fourth-order valence-corrected chi connectivity index (χ4v) is 3.59. The van der Waals surface area contributed by atoms with Crippen LogP contribution in [-0.4, -0.2) is 47.2 Å². The van der Waals surface area contributed by atoms with Crippen LogP contribution in [0.3, 0.4) is 0 Å². The number of guanidine groups is 1. The second-order valence-electron chi connectivity index (χ2n) is 7.83. The molecule has 2 aliphatic rings. The number of carbonyl (C=O) groups is 1. The van der Waals surface area contributed by atoms with Crippen molar-refractivity contribution in [1.82, 2.24) is 26.1 Å². The maximum absolute atomic E-state index is 12.4. The third kappa shape index (κ3) is 7.68. The quantitative estimate of drug-likeness (QED) is 0.254. The molecule has 3 N–H and O–H groups in total. The lowest BCUT2D eigenvalue weighted by atomic mass is 9.85. The molecular formula is C20H35IN6O3. The molecule has 2 aliphatic carbocycles. The monoisotopic (exact) mass is 534 g/mol. The molecule has 1 amide bonds. The topological polar surface area (TPSA) is 114 Å². The second-order valence-corrected chi connectivity index (χ2v) is 7.83. The van der Waals surface area contributed by atoms with Crippen molar-refractivity contribution < 1.29 is 14.1 Å². The Balaban J connectivity index is 0.00000320. The summed E-state index contributed by atoms with van der Waals surface area (Å²) < 4.78 is 10.8. The number of nitrogens with one attached hydrogen (secondary N) is 3. The summed E-state index contributed by atoms with van der Waals surface area (Å²) in [6.07, 6.45) is 5.92. The molecule has 0 radical (unpaired) electrons. The number of aromatic nitrogens is 2. The largest absolute Gasteiger partial charge is 0.371 e. The zero-order valence-electron chi connectivity index (χ0n) is 18.1. The number of hydrogen-bond acceptors (Lipinski definition) is 6. The molecule has 0 spiro atoms. The van der Waals surface area contributed by atoms with Crippen LogP contribution in [0.15, 0.2) is 9.52 Å². The van der Waals surface area contributed by atoms with E-state index in [-0.39, 0.29) is 47.9 Å². The van der Waals surface area contributed by atoms with E-state index in [1.54, 1.807) is 0 Å². The van der Waals surface area contributed by atoms with Gasteiger partial charge in [-0.1, -0.05) is 11.6 Å². The van der Waals surface area contributed by atoms with E-state index in [4.69, 9.17) is 9.26 Å². The van der Waals surface area contributed by atoms with E-state index in [2.05, 4.69) is 31.1 Å². The highest BCUT2D eigenvalue weighted by atomic mass is 127. The Hall–Kier alpha value is -1.43. The summed E-state index contributed by atoms with van der Waals surface area (Å²) in [5.74, 6) is 1.99. The highest BCUT2D eigenvalue weighted by Gasteiger charge is 2.31. The number of nitrogens with zero attached hydrogens (tertiary/aromatic N) is 3. The van der Waals surface area contributed by atoms with Gasteiger partial charge in [-0.05, 0) is 52.9 Å². The van der Waals surface area contributed by atoms with Crippen LogP contribution in [0.1, 0.15) is 77.1 Å². The Labute approximate surface area is 195 Å². The average Bonchev–Trinajstić information content (AvgIpc) is 3.39. The van der Waals surface area contributed by atoms with E-state index in [0.29, 0.717) is 36.9 Å². The van der Waals surface area contributed by atoms with Crippen molar-refractivity contribution in [3.63, 3.8) is 0 Å². The molecular weight excluding hydrogens is 499 g/mol. The van der Waals surface area contributed by atoms with Gasteiger partial charge >= 0.3 is 0 Å². The fourth-order valence-electron chi connectivity index (χ4n) is 3.59. The van der Waals surface area contributed by atoms with Crippen molar-refractivity contribution in [2.24, 2.45) is 10.9 Å². The molecule has 0 aromatic carbocycles. The molecule has 0 bridgehead atoms. The first-order valence-electron chi connectivity index (χ1n) is 10.9. The van der Waals surface area contributed by atoms with Gasteiger partial charge in [0, 0.05) is 31.2 Å². The molecule has 30 heavy (non-hydrogen) atoms. The molecule has 2 fully saturated rings. The van der Waals surface area contributed by atoms with Crippen LogP contribution in [0.2, 0.25) is 0 Å². The predicted molar refractivity (Wildman–Crippen MR) is 125 cm³/mol. The standard InChI is InChI=1S/C20H34N6O3.HI/c1-4-21-20(22-12-17-25-18(26-29-17)13(3)28-5-2)24-16-8-6-7-14(11-16)19(27)23-15-9-10-15;/h13-16H,4-12H2,1-3H3,(H,23,27)(H2,21,22,24);1H.